The lowest BCUT2D eigenvalue weighted by atomic mass is 9.85. The zero-order valence-electron chi connectivity index (χ0n) is 20.8. The van der Waals surface area contributed by atoms with E-state index in [1.807, 2.05) is 40.7 Å². The average Bonchev–Trinajstić information content (AvgIpc) is 2.78. The molecule has 8 heteroatoms. The van der Waals surface area contributed by atoms with Gasteiger partial charge in [-0.2, -0.15) is 0 Å². The second kappa shape index (κ2) is 10.8. The van der Waals surface area contributed by atoms with Crippen LogP contribution in [0.15, 0.2) is 30.6 Å². The molecular formula is C26H36N4O4. The first-order valence-electron chi connectivity index (χ1n) is 11.9. The fraction of sp³-hybridized carbons (Fsp3) is 0.538. The van der Waals surface area contributed by atoms with Crippen LogP contribution in [-0.2, 0) is 9.53 Å². The predicted octanol–water partition coefficient (Wildman–Crippen LogP) is 5.61. The Bertz CT molecular complexity index is 993. The van der Waals surface area contributed by atoms with E-state index in [1.165, 1.54) is 0 Å². The van der Waals surface area contributed by atoms with Crippen molar-refractivity contribution in [2.75, 3.05) is 18.4 Å². The number of anilines is 2. The Morgan fingerprint density at radius 3 is 2.41 bits per heavy atom. The van der Waals surface area contributed by atoms with Gasteiger partial charge in [0.1, 0.15) is 11.4 Å². The fourth-order valence-electron chi connectivity index (χ4n) is 4.31. The van der Waals surface area contributed by atoms with Crippen molar-refractivity contribution in [2.45, 2.75) is 77.7 Å². The summed E-state index contributed by atoms with van der Waals surface area (Å²) >= 11 is 0. The normalized spacial score (nSPS) is 15.6. The number of carbonyl (C=O) groups is 2. The van der Waals surface area contributed by atoms with Crippen LogP contribution in [0.1, 0.15) is 82.2 Å². The van der Waals surface area contributed by atoms with E-state index in [4.69, 9.17) is 4.74 Å². The minimum Gasteiger partial charge on any atom is -0.481 e. The molecule has 0 radical (unpaired) electrons. The largest absolute Gasteiger partial charge is 0.481 e. The number of aliphatic carboxylic acids is 1. The van der Waals surface area contributed by atoms with Crippen LogP contribution in [0.25, 0.3) is 0 Å². The summed E-state index contributed by atoms with van der Waals surface area (Å²) in [6, 6.07) is 6.21. The summed E-state index contributed by atoms with van der Waals surface area (Å²) in [5.41, 5.74) is 3.35. The number of nitrogens with zero attached hydrogens (tertiary/aromatic N) is 3. The molecule has 2 N–H and O–H groups in total. The number of nitrogens with one attached hydrogen (secondary N) is 1. The van der Waals surface area contributed by atoms with Crippen molar-refractivity contribution < 1.29 is 19.4 Å². The van der Waals surface area contributed by atoms with E-state index in [1.54, 1.807) is 17.3 Å². The third-order valence-electron chi connectivity index (χ3n) is 6.11. The van der Waals surface area contributed by atoms with Crippen molar-refractivity contribution in [2.24, 2.45) is 0 Å². The van der Waals surface area contributed by atoms with Crippen molar-refractivity contribution >= 4 is 23.4 Å². The Balaban J connectivity index is 1.83. The number of hydrogen-bond donors (Lipinski definition) is 2. The van der Waals surface area contributed by atoms with Crippen LogP contribution in [0.3, 0.4) is 0 Å². The second-order valence-corrected chi connectivity index (χ2v) is 9.94. The van der Waals surface area contributed by atoms with Gasteiger partial charge in [-0.05, 0) is 76.0 Å². The number of rotatable bonds is 7. The van der Waals surface area contributed by atoms with E-state index in [0.29, 0.717) is 18.9 Å². The van der Waals surface area contributed by atoms with Crippen LogP contribution < -0.4 is 5.32 Å². The van der Waals surface area contributed by atoms with Crippen molar-refractivity contribution in [1.82, 2.24) is 14.9 Å². The van der Waals surface area contributed by atoms with Gasteiger partial charge in [-0.25, -0.2) is 14.8 Å². The number of carbonyl (C=O) groups excluding carboxylic acids is 1. The molecule has 1 aliphatic heterocycles. The number of likely N-dealkylation sites (tertiary alicyclic amines) is 1. The van der Waals surface area contributed by atoms with Crippen LogP contribution in [0.2, 0.25) is 0 Å². The van der Waals surface area contributed by atoms with Gasteiger partial charge < -0.3 is 20.1 Å². The summed E-state index contributed by atoms with van der Waals surface area (Å²) in [6.45, 7) is 10.7. The van der Waals surface area contributed by atoms with Gasteiger partial charge in [0.15, 0.2) is 0 Å². The molecule has 1 fully saturated rings. The Kier molecular flexibility index (Phi) is 8.12. The minimum absolute atomic E-state index is 0.0598. The summed E-state index contributed by atoms with van der Waals surface area (Å²) in [6.07, 6.45) is 5.71. The Morgan fingerprint density at radius 1 is 1.21 bits per heavy atom. The molecule has 1 aromatic carbocycles. The predicted molar refractivity (Wildman–Crippen MR) is 132 cm³/mol. The van der Waals surface area contributed by atoms with E-state index in [2.05, 4.69) is 27.4 Å². The summed E-state index contributed by atoms with van der Waals surface area (Å²) in [4.78, 5) is 34.2. The Morgan fingerprint density at radius 2 is 1.85 bits per heavy atom. The number of carboxylic acids is 1. The molecule has 8 nitrogen and oxygen atoms in total. The molecule has 1 saturated heterocycles. The summed E-state index contributed by atoms with van der Waals surface area (Å²) in [7, 11) is 0. The third-order valence-corrected chi connectivity index (χ3v) is 6.11. The van der Waals surface area contributed by atoms with Crippen LogP contribution >= 0.6 is 0 Å². The lowest BCUT2D eigenvalue weighted by molar-refractivity contribution is -0.137. The number of aryl methyl sites for hydroxylation is 1. The summed E-state index contributed by atoms with van der Waals surface area (Å²) in [5, 5.41) is 12.8. The quantitative estimate of drug-likeness (QED) is 0.544. The smallest absolute Gasteiger partial charge is 0.410 e. The number of benzene rings is 1. The minimum atomic E-state index is -0.799. The standard InChI is InChI=1S/C26H36N4O4/c1-6-18(14-24(31)32)20-7-8-22(23(13-20)29-21-15-27-17(2)28-16-21)19-9-11-30(12-10-19)25(33)34-26(3,4)5/h7-8,13,15-16,18-19,29H,6,9-12,14H2,1-5H3,(H,31,32). The van der Waals surface area contributed by atoms with Crippen LogP contribution in [0.4, 0.5) is 16.2 Å². The first kappa shape index (κ1) is 25.5. The summed E-state index contributed by atoms with van der Waals surface area (Å²) < 4.78 is 5.53. The zero-order valence-corrected chi connectivity index (χ0v) is 20.8. The highest BCUT2D eigenvalue weighted by Crippen LogP contribution is 2.37. The van der Waals surface area contributed by atoms with E-state index >= 15 is 0 Å². The number of piperidine rings is 1. The molecule has 1 amide bonds. The van der Waals surface area contributed by atoms with Crippen molar-refractivity contribution in [3.63, 3.8) is 0 Å². The summed E-state index contributed by atoms with van der Waals surface area (Å²) in [5.74, 6) is 0.102. The molecule has 2 heterocycles. The van der Waals surface area contributed by atoms with Crippen LogP contribution in [0.5, 0.6) is 0 Å². The number of ether oxygens (including phenoxy) is 1. The lowest BCUT2D eigenvalue weighted by Gasteiger charge is -2.34. The third kappa shape index (κ3) is 6.92. The highest BCUT2D eigenvalue weighted by molar-refractivity contribution is 5.70. The van der Waals surface area contributed by atoms with Gasteiger partial charge in [-0.1, -0.05) is 19.1 Å². The van der Waals surface area contributed by atoms with E-state index < -0.39 is 11.6 Å². The van der Waals surface area contributed by atoms with Crippen LogP contribution in [0, 0.1) is 6.92 Å². The maximum Gasteiger partial charge on any atom is 0.410 e. The van der Waals surface area contributed by atoms with Gasteiger partial charge in [0.2, 0.25) is 0 Å². The second-order valence-electron chi connectivity index (χ2n) is 9.94. The fourth-order valence-corrected chi connectivity index (χ4v) is 4.31. The highest BCUT2D eigenvalue weighted by Gasteiger charge is 2.29. The van der Waals surface area contributed by atoms with Gasteiger partial charge in [0.05, 0.1) is 24.5 Å². The van der Waals surface area contributed by atoms with Crippen molar-refractivity contribution in [3.05, 3.63) is 47.5 Å². The van der Waals surface area contributed by atoms with Gasteiger partial charge in [0, 0.05) is 18.8 Å². The topological polar surface area (TPSA) is 105 Å². The van der Waals surface area contributed by atoms with E-state index in [-0.39, 0.29) is 24.3 Å². The Labute approximate surface area is 201 Å². The van der Waals surface area contributed by atoms with E-state index in [9.17, 15) is 14.7 Å². The van der Waals surface area contributed by atoms with Crippen molar-refractivity contribution in [3.8, 4) is 0 Å². The van der Waals surface area contributed by atoms with Gasteiger partial charge in [0.25, 0.3) is 0 Å². The Hall–Kier alpha value is -3.16. The molecule has 3 rings (SSSR count). The van der Waals surface area contributed by atoms with E-state index in [0.717, 1.165) is 41.8 Å². The first-order valence-corrected chi connectivity index (χ1v) is 11.9. The molecule has 34 heavy (non-hydrogen) atoms. The molecule has 1 atom stereocenters. The number of amides is 1. The van der Waals surface area contributed by atoms with Crippen molar-refractivity contribution in [1.29, 1.82) is 0 Å². The monoisotopic (exact) mass is 468 g/mol. The maximum absolute atomic E-state index is 12.5. The molecule has 1 aromatic heterocycles. The molecule has 0 spiro atoms. The molecular weight excluding hydrogens is 432 g/mol. The molecule has 1 aliphatic rings. The zero-order chi connectivity index (χ0) is 24.9. The maximum atomic E-state index is 12.5. The van der Waals surface area contributed by atoms with Gasteiger partial charge in [-0.3, -0.25) is 4.79 Å². The molecule has 1 unspecified atom stereocenters. The van der Waals surface area contributed by atoms with Gasteiger partial charge >= 0.3 is 12.1 Å². The number of hydrogen-bond acceptors (Lipinski definition) is 6. The molecule has 184 valence electrons. The number of aromatic nitrogens is 2. The number of carboxylic acid groups (broad SMARTS) is 1. The molecule has 0 bridgehead atoms. The molecule has 0 aliphatic carbocycles. The highest BCUT2D eigenvalue weighted by atomic mass is 16.6. The lowest BCUT2D eigenvalue weighted by Crippen LogP contribution is -2.41. The SMILES string of the molecule is CCC(CC(=O)O)c1ccc(C2CCN(C(=O)OC(C)(C)C)CC2)c(Nc2cnc(C)nc2)c1. The van der Waals surface area contributed by atoms with Crippen LogP contribution in [-0.4, -0.2) is 50.7 Å². The molecule has 2 aromatic rings. The van der Waals surface area contributed by atoms with Gasteiger partial charge in [-0.15, -0.1) is 0 Å². The first-order chi connectivity index (χ1) is 16.1. The average molecular weight is 469 g/mol. The molecule has 0 saturated carbocycles.